The van der Waals surface area contributed by atoms with Gasteiger partial charge >= 0.3 is 0 Å². The van der Waals surface area contributed by atoms with Crippen molar-refractivity contribution < 1.29 is 9.59 Å². The monoisotopic (exact) mass is 288 g/mol. The van der Waals surface area contributed by atoms with Gasteiger partial charge in [-0.25, -0.2) is 0 Å². The molecule has 0 aromatic heterocycles. The molecule has 2 N–H and O–H groups in total. The first-order chi connectivity index (χ1) is 10.0. The van der Waals surface area contributed by atoms with Crippen LogP contribution in [0.2, 0.25) is 0 Å². The average molecular weight is 288 g/mol. The van der Waals surface area contributed by atoms with Crippen LogP contribution in [0.4, 0.5) is 5.69 Å². The van der Waals surface area contributed by atoms with Gasteiger partial charge in [-0.3, -0.25) is 9.59 Å². The van der Waals surface area contributed by atoms with Crippen LogP contribution in [-0.4, -0.2) is 17.9 Å². The molecule has 1 aliphatic rings. The van der Waals surface area contributed by atoms with Gasteiger partial charge in [-0.2, -0.15) is 0 Å². The Morgan fingerprint density at radius 1 is 1.10 bits per heavy atom. The molecule has 0 atom stereocenters. The molecule has 1 saturated carbocycles. The van der Waals surface area contributed by atoms with Gasteiger partial charge in [0.05, 0.1) is 0 Å². The van der Waals surface area contributed by atoms with Crippen molar-refractivity contribution in [3.05, 3.63) is 29.3 Å². The molecule has 21 heavy (non-hydrogen) atoms. The number of nitrogens with one attached hydrogen (secondary N) is 2. The summed E-state index contributed by atoms with van der Waals surface area (Å²) in [6, 6.07) is 6.09. The highest BCUT2D eigenvalue weighted by Gasteiger charge is 2.17. The number of rotatable bonds is 4. The third kappa shape index (κ3) is 4.88. The van der Waals surface area contributed by atoms with E-state index >= 15 is 0 Å². The lowest BCUT2D eigenvalue weighted by molar-refractivity contribution is -0.127. The van der Waals surface area contributed by atoms with E-state index in [9.17, 15) is 9.59 Å². The predicted molar refractivity (Wildman–Crippen MR) is 84.2 cm³/mol. The molecule has 2 rings (SSSR count). The summed E-state index contributed by atoms with van der Waals surface area (Å²) in [4.78, 5) is 23.8. The second-order valence-corrected chi connectivity index (χ2v) is 5.95. The molecule has 1 fully saturated rings. The zero-order chi connectivity index (χ0) is 15.2. The van der Waals surface area contributed by atoms with Gasteiger partial charge in [0.1, 0.15) is 6.42 Å². The van der Waals surface area contributed by atoms with Gasteiger partial charge in [-0.05, 0) is 38.3 Å². The summed E-state index contributed by atoms with van der Waals surface area (Å²) in [6.45, 7) is 3.96. The van der Waals surface area contributed by atoms with Crippen molar-refractivity contribution in [3.63, 3.8) is 0 Å². The van der Waals surface area contributed by atoms with Gasteiger partial charge in [0, 0.05) is 11.7 Å². The fraction of sp³-hybridized carbons (Fsp3) is 0.529. The minimum absolute atomic E-state index is 0.107. The minimum Gasteiger partial charge on any atom is -0.353 e. The Kier molecular flexibility index (Phi) is 5.37. The first kappa shape index (κ1) is 15.5. The maximum Gasteiger partial charge on any atom is 0.233 e. The molecule has 0 spiro atoms. The van der Waals surface area contributed by atoms with Gasteiger partial charge in [-0.15, -0.1) is 0 Å². The number of hydrogen-bond donors (Lipinski definition) is 2. The highest BCUT2D eigenvalue weighted by atomic mass is 16.2. The van der Waals surface area contributed by atoms with Crippen LogP contribution in [0.25, 0.3) is 0 Å². The van der Waals surface area contributed by atoms with E-state index in [-0.39, 0.29) is 24.3 Å². The Balaban J connectivity index is 1.81. The zero-order valence-electron chi connectivity index (χ0n) is 12.9. The fourth-order valence-corrected chi connectivity index (χ4v) is 2.82. The second kappa shape index (κ2) is 7.25. The Hall–Kier alpha value is -1.84. The van der Waals surface area contributed by atoms with Crippen LogP contribution in [0.15, 0.2) is 18.2 Å². The fourth-order valence-electron chi connectivity index (χ4n) is 2.82. The molecule has 4 nitrogen and oxygen atoms in total. The highest BCUT2D eigenvalue weighted by Crippen LogP contribution is 2.18. The highest BCUT2D eigenvalue weighted by molar-refractivity contribution is 6.03. The largest absolute Gasteiger partial charge is 0.353 e. The number of carbonyl (C=O) groups is 2. The average Bonchev–Trinajstić information content (AvgIpc) is 2.43. The van der Waals surface area contributed by atoms with Gasteiger partial charge in [0.2, 0.25) is 11.8 Å². The Morgan fingerprint density at radius 2 is 1.81 bits per heavy atom. The van der Waals surface area contributed by atoms with Crippen molar-refractivity contribution in [1.29, 1.82) is 0 Å². The SMILES string of the molecule is Cc1ccc(NC(=O)CC(=O)NC2CCCCC2)c(C)c1. The molecule has 4 heteroatoms. The zero-order valence-corrected chi connectivity index (χ0v) is 12.9. The molecule has 1 aromatic rings. The minimum atomic E-state index is -0.254. The Morgan fingerprint density at radius 3 is 2.48 bits per heavy atom. The quantitative estimate of drug-likeness (QED) is 0.836. The predicted octanol–water partition coefficient (Wildman–Crippen LogP) is 3.08. The summed E-state index contributed by atoms with van der Waals surface area (Å²) in [5.74, 6) is -0.431. The number of amides is 2. The smallest absolute Gasteiger partial charge is 0.233 e. The third-order valence-corrected chi connectivity index (χ3v) is 3.95. The normalized spacial score (nSPS) is 15.5. The van der Waals surface area contributed by atoms with E-state index in [4.69, 9.17) is 0 Å². The molecule has 0 heterocycles. The number of anilines is 1. The van der Waals surface area contributed by atoms with Crippen LogP contribution >= 0.6 is 0 Å². The molecule has 1 aliphatic carbocycles. The second-order valence-electron chi connectivity index (χ2n) is 5.95. The molecule has 1 aromatic carbocycles. The molecule has 2 amide bonds. The van der Waals surface area contributed by atoms with Crippen molar-refractivity contribution >= 4 is 17.5 Å². The topological polar surface area (TPSA) is 58.2 Å². The summed E-state index contributed by atoms with van der Waals surface area (Å²) in [5.41, 5.74) is 2.94. The molecule has 0 bridgehead atoms. The van der Waals surface area contributed by atoms with Crippen LogP contribution in [0.3, 0.4) is 0 Å². The van der Waals surface area contributed by atoms with Gasteiger partial charge in [0.25, 0.3) is 0 Å². The lowest BCUT2D eigenvalue weighted by atomic mass is 9.95. The Bertz CT molecular complexity index is 520. The van der Waals surface area contributed by atoms with Crippen molar-refractivity contribution in [2.45, 2.75) is 58.4 Å². The molecule has 114 valence electrons. The van der Waals surface area contributed by atoms with Crippen LogP contribution in [-0.2, 0) is 9.59 Å². The van der Waals surface area contributed by atoms with Crippen LogP contribution in [0.5, 0.6) is 0 Å². The van der Waals surface area contributed by atoms with E-state index in [0.717, 1.165) is 29.7 Å². The third-order valence-electron chi connectivity index (χ3n) is 3.95. The van der Waals surface area contributed by atoms with Crippen LogP contribution < -0.4 is 10.6 Å². The van der Waals surface area contributed by atoms with Gasteiger partial charge in [0.15, 0.2) is 0 Å². The molecular formula is C17H24N2O2. The van der Waals surface area contributed by atoms with E-state index in [1.807, 2.05) is 32.0 Å². The molecule has 0 unspecified atom stereocenters. The molecular weight excluding hydrogens is 264 g/mol. The lowest BCUT2D eigenvalue weighted by Crippen LogP contribution is -2.37. The molecule has 0 aliphatic heterocycles. The number of aryl methyl sites for hydroxylation is 2. The first-order valence-corrected chi connectivity index (χ1v) is 7.71. The van der Waals surface area contributed by atoms with E-state index < -0.39 is 0 Å². The number of hydrogen-bond acceptors (Lipinski definition) is 2. The summed E-state index contributed by atoms with van der Waals surface area (Å²) in [6.07, 6.45) is 5.54. The standard InChI is InChI=1S/C17H24N2O2/c1-12-8-9-15(13(2)10-12)19-17(21)11-16(20)18-14-6-4-3-5-7-14/h8-10,14H,3-7,11H2,1-2H3,(H,18,20)(H,19,21). The van der Waals surface area contributed by atoms with Crippen molar-refractivity contribution in [2.75, 3.05) is 5.32 Å². The summed E-state index contributed by atoms with van der Waals surface area (Å²) >= 11 is 0. The van der Waals surface area contributed by atoms with Crippen LogP contribution in [0, 0.1) is 13.8 Å². The number of benzene rings is 1. The summed E-state index contributed by atoms with van der Waals surface area (Å²) in [5, 5.41) is 5.77. The van der Waals surface area contributed by atoms with Crippen LogP contribution in [0.1, 0.15) is 49.7 Å². The van der Waals surface area contributed by atoms with E-state index in [1.165, 1.54) is 19.3 Å². The van der Waals surface area contributed by atoms with E-state index in [1.54, 1.807) is 0 Å². The number of carbonyl (C=O) groups excluding carboxylic acids is 2. The summed E-state index contributed by atoms with van der Waals surface area (Å²) < 4.78 is 0. The molecule has 0 saturated heterocycles. The van der Waals surface area contributed by atoms with Crippen molar-refractivity contribution in [2.24, 2.45) is 0 Å². The van der Waals surface area contributed by atoms with Crippen molar-refractivity contribution in [3.8, 4) is 0 Å². The van der Waals surface area contributed by atoms with Gasteiger partial charge in [-0.1, -0.05) is 37.0 Å². The molecule has 0 radical (unpaired) electrons. The first-order valence-electron chi connectivity index (χ1n) is 7.71. The van der Waals surface area contributed by atoms with Gasteiger partial charge < -0.3 is 10.6 Å². The lowest BCUT2D eigenvalue weighted by Gasteiger charge is -2.22. The summed E-state index contributed by atoms with van der Waals surface area (Å²) in [7, 11) is 0. The maximum atomic E-state index is 11.9. The Labute approximate surface area is 126 Å². The van der Waals surface area contributed by atoms with Crippen molar-refractivity contribution in [1.82, 2.24) is 5.32 Å². The van der Waals surface area contributed by atoms with E-state index in [0.29, 0.717) is 0 Å². The van der Waals surface area contributed by atoms with E-state index in [2.05, 4.69) is 10.6 Å². The maximum absolute atomic E-state index is 11.9.